The number of aromatic nitrogens is 2. The Morgan fingerprint density at radius 1 is 1.03 bits per heavy atom. The highest BCUT2D eigenvalue weighted by Gasteiger charge is 2.22. The van der Waals surface area contributed by atoms with Crippen molar-refractivity contribution in [3.63, 3.8) is 0 Å². The molecule has 192 valence electrons. The Balaban J connectivity index is 1.73. The van der Waals surface area contributed by atoms with Crippen molar-refractivity contribution in [1.82, 2.24) is 15.4 Å². The zero-order valence-electron chi connectivity index (χ0n) is 21.4. The molecule has 0 radical (unpaired) electrons. The molecule has 9 heteroatoms. The van der Waals surface area contributed by atoms with Gasteiger partial charge in [0.05, 0.1) is 31.7 Å². The summed E-state index contributed by atoms with van der Waals surface area (Å²) in [5, 5.41) is 9.53. The number of nitrogens with one attached hydrogen (secondary N) is 1. The number of nitrogens with zero attached hydrogens (tertiary/aromatic N) is 3. The van der Waals surface area contributed by atoms with Gasteiger partial charge in [0.15, 0.2) is 5.82 Å². The van der Waals surface area contributed by atoms with Crippen LogP contribution < -0.4 is 24.6 Å². The number of rotatable bonds is 9. The monoisotopic (exact) mass is 494 g/mol. The molecule has 36 heavy (non-hydrogen) atoms. The van der Waals surface area contributed by atoms with Gasteiger partial charge in [0.2, 0.25) is 5.91 Å². The van der Waals surface area contributed by atoms with E-state index < -0.39 is 5.91 Å². The third-order valence-electron chi connectivity index (χ3n) is 6.47. The number of anilines is 1. The van der Waals surface area contributed by atoms with Gasteiger partial charge >= 0.3 is 0 Å². The number of hydroxylamine groups is 1. The summed E-state index contributed by atoms with van der Waals surface area (Å²) in [6, 6.07) is 7.86. The molecule has 0 bridgehead atoms. The first kappa shape index (κ1) is 25.5. The molecule has 0 unspecified atom stereocenters. The molecule has 4 rings (SSSR count). The van der Waals surface area contributed by atoms with E-state index in [2.05, 4.69) is 4.90 Å². The third kappa shape index (κ3) is 5.46. The lowest BCUT2D eigenvalue weighted by Crippen LogP contribution is -2.30. The Kier molecular flexibility index (Phi) is 8.10. The van der Waals surface area contributed by atoms with E-state index in [1.54, 1.807) is 19.7 Å². The van der Waals surface area contributed by atoms with Crippen molar-refractivity contribution in [3.8, 4) is 28.6 Å². The number of benzene rings is 2. The topological polar surface area (TPSA) is 106 Å². The molecular formula is C27H34N4O5. The summed E-state index contributed by atoms with van der Waals surface area (Å²) >= 11 is 0. The molecule has 2 N–H and O–H groups in total. The largest absolute Gasteiger partial charge is 0.497 e. The summed E-state index contributed by atoms with van der Waals surface area (Å²) in [4.78, 5) is 23.5. The van der Waals surface area contributed by atoms with Gasteiger partial charge in [-0.25, -0.2) is 15.4 Å². The molecular weight excluding hydrogens is 460 g/mol. The van der Waals surface area contributed by atoms with Crippen LogP contribution in [-0.2, 0) is 4.79 Å². The predicted molar refractivity (Wildman–Crippen MR) is 138 cm³/mol. The lowest BCUT2D eigenvalue weighted by molar-refractivity contribution is -0.129. The first-order chi connectivity index (χ1) is 17.4. The Hall–Kier alpha value is -3.59. The molecule has 2 aromatic carbocycles. The van der Waals surface area contributed by atoms with Crippen molar-refractivity contribution >= 4 is 22.6 Å². The van der Waals surface area contributed by atoms with Crippen molar-refractivity contribution in [2.24, 2.45) is 0 Å². The number of ether oxygens (including phenoxy) is 3. The highest BCUT2D eigenvalue weighted by molar-refractivity contribution is 5.97. The fourth-order valence-corrected chi connectivity index (χ4v) is 4.70. The van der Waals surface area contributed by atoms with Gasteiger partial charge in [-0.2, -0.15) is 0 Å². The van der Waals surface area contributed by atoms with E-state index in [4.69, 9.17) is 29.4 Å². The maximum absolute atomic E-state index is 11.2. The molecule has 1 aromatic heterocycles. The highest BCUT2D eigenvalue weighted by Crippen LogP contribution is 2.39. The predicted octanol–water partition coefficient (Wildman–Crippen LogP) is 4.59. The summed E-state index contributed by atoms with van der Waals surface area (Å²) < 4.78 is 17.2. The summed E-state index contributed by atoms with van der Waals surface area (Å²) in [5.74, 6) is 3.25. The molecule has 1 amide bonds. The fourth-order valence-electron chi connectivity index (χ4n) is 4.70. The first-order valence-corrected chi connectivity index (χ1v) is 12.3. The molecule has 9 nitrogen and oxygen atoms in total. The molecule has 1 fully saturated rings. The van der Waals surface area contributed by atoms with Crippen LogP contribution in [0.1, 0.15) is 43.2 Å². The van der Waals surface area contributed by atoms with E-state index in [9.17, 15) is 4.79 Å². The summed E-state index contributed by atoms with van der Waals surface area (Å²) in [6.07, 6.45) is 4.18. The molecule has 0 atom stereocenters. The standard InChI is InChI=1S/C27H34N4O5/c1-17-13-19(14-18(2)25(17)36-12-8-9-23(32)30-33)26-28-21-15-20(34-3)16-22(35-4)24(21)27(29-26)31-10-6-5-7-11-31/h13-16,33H,5-12H2,1-4H3,(H,30,32). The zero-order chi connectivity index (χ0) is 25.7. The highest BCUT2D eigenvalue weighted by atomic mass is 16.5. The van der Waals surface area contributed by atoms with Crippen molar-refractivity contribution in [2.75, 3.05) is 38.8 Å². The fraction of sp³-hybridized carbons (Fsp3) is 0.444. The van der Waals surface area contributed by atoms with Crippen molar-refractivity contribution in [3.05, 3.63) is 35.4 Å². The molecule has 2 heterocycles. The molecule has 1 aliphatic rings. The van der Waals surface area contributed by atoms with Crippen LogP contribution in [-0.4, -0.2) is 55.0 Å². The number of hydrogen-bond donors (Lipinski definition) is 2. The number of carbonyl (C=O) groups is 1. The number of carbonyl (C=O) groups excluding carboxylic acids is 1. The lowest BCUT2D eigenvalue weighted by Gasteiger charge is -2.29. The van der Waals surface area contributed by atoms with Crippen molar-refractivity contribution < 1.29 is 24.2 Å². The van der Waals surface area contributed by atoms with Crippen LogP contribution in [0.5, 0.6) is 17.2 Å². The molecule has 3 aromatic rings. The van der Waals surface area contributed by atoms with Gasteiger partial charge in [0.25, 0.3) is 0 Å². The van der Waals surface area contributed by atoms with Crippen LogP contribution in [0.3, 0.4) is 0 Å². The normalized spacial score (nSPS) is 13.5. The van der Waals surface area contributed by atoms with Gasteiger partial charge in [-0.05, 0) is 62.8 Å². The number of amides is 1. The van der Waals surface area contributed by atoms with Gasteiger partial charge in [-0.3, -0.25) is 10.0 Å². The first-order valence-electron chi connectivity index (χ1n) is 12.3. The van der Waals surface area contributed by atoms with E-state index in [0.29, 0.717) is 30.4 Å². The Bertz CT molecular complexity index is 1220. The SMILES string of the molecule is COc1cc(OC)c2c(N3CCCCC3)nc(-c3cc(C)c(OCCCC(=O)NO)c(C)c3)nc2c1. The number of hydrogen-bond acceptors (Lipinski definition) is 8. The number of methoxy groups -OCH3 is 2. The number of fused-ring (bicyclic) bond motifs is 1. The van der Waals surface area contributed by atoms with E-state index in [1.165, 1.54) is 6.42 Å². The lowest BCUT2D eigenvalue weighted by atomic mass is 10.0. The molecule has 0 aliphatic carbocycles. The summed E-state index contributed by atoms with van der Waals surface area (Å²) in [7, 11) is 3.29. The van der Waals surface area contributed by atoms with E-state index in [1.807, 2.05) is 38.1 Å². The summed E-state index contributed by atoms with van der Waals surface area (Å²) in [6.45, 7) is 6.25. The van der Waals surface area contributed by atoms with E-state index in [-0.39, 0.29) is 6.42 Å². The molecule has 0 saturated carbocycles. The van der Waals surface area contributed by atoms with Gasteiger partial charge in [0.1, 0.15) is 23.1 Å². The zero-order valence-corrected chi connectivity index (χ0v) is 21.4. The van der Waals surface area contributed by atoms with E-state index in [0.717, 1.165) is 65.1 Å². The van der Waals surface area contributed by atoms with Gasteiger partial charge in [0, 0.05) is 37.2 Å². The Labute approximate surface area is 211 Å². The number of piperidine rings is 1. The van der Waals surface area contributed by atoms with Crippen molar-refractivity contribution in [2.45, 2.75) is 46.0 Å². The molecule has 0 spiro atoms. The van der Waals surface area contributed by atoms with Crippen molar-refractivity contribution in [1.29, 1.82) is 0 Å². The summed E-state index contributed by atoms with van der Waals surface area (Å²) in [5.41, 5.74) is 5.24. The van der Waals surface area contributed by atoms with Crippen LogP contribution in [0.15, 0.2) is 24.3 Å². The third-order valence-corrected chi connectivity index (χ3v) is 6.47. The quantitative estimate of drug-likeness (QED) is 0.253. The minimum Gasteiger partial charge on any atom is -0.497 e. The minimum atomic E-state index is -0.423. The van der Waals surface area contributed by atoms with Crippen LogP contribution in [0.4, 0.5) is 5.82 Å². The smallest absolute Gasteiger partial charge is 0.243 e. The second-order valence-corrected chi connectivity index (χ2v) is 9.07. The Morgan fingerprint density at radius 2 is 1.75 bits per heavy atom. The number of aryl methyl sites for hydroxylation is 2. The second kappa shape index (κ2) is 11.4. The molecule has 1 saturated heterocycles. The van der Waals surface area contributed by atoms with Crippen LogP contribution >= 0.6 is 0 Å². The van der Waals surface area contributed by atoms with Gasteiger partial charge in [-0.15, -0.1) is 0 Å². The van der Waals surface area contributed by atoms with Crippen LogP contribution in [0, 0.1) is 13.8 Å². The minimum absolute atomic E-state index is 0.198. The average Bonchev–Trinajstić information content (AvgIpc) is 2.90. The maximum Gasteiger partial charge on any atom is 0.243 e. The maximum atomic E-state index is 11.2. The average molecular weight is 495 g/mol. The van der Waals surface area contributed by atoms with Gasteiger partial charge < -0.3 is 19.1 Å². The Morgan fingerprint density at radius 3 is 2.39 bits per heavy atom. The second-order valence-electron chi connectivity index (χ2n) is 9.07. The van der Waals surface area contributed by atoms with Gasteiger partial charge in [-0.1, -0.05) is 0 Å². The van der Waals surface area contributed by atoms with Crippen LogP contribution in [0.25, 0.3) is 22.3 Å². The van der Waals surface area contributed by atoms with Crippen LogP contribution in [0.2, 0.25) is 0 Å². The van der Waals surface area contributed by atoms with E-state index >= 15 is 0 Å². The molecule has 1 aliphatic heterocycles.